The van der Waals surface area contributed by atoms with E-state index in [9.17, 15) is 4.39 Å². The molecular weight excluding hydrogens is 237 g/mol. The molecule has 0 radical (unpaired) electrons. The van der Waals surface area contributed by atoms with E-state index in [1.165, 1.54) is 5.56 Å². The second kappa shape index (κ2) is 5.87. The first kappa shape index (κ1) is 13.6. The van der Waals surface area contributed by atoms with Crippen molar-refractivity contribution >= 4 is 5.69 Å². The van der Waals surface area contributed by atoms with E-state index in [1.807, 2.05) is 24.3 Å². The molecular formula is C17H20FN. The van der Waals surface area contributed by atoms with E-state index in [-0.39, 0.29) is 11.9 Å². The summed E-state index contributed by atoms with van der Waals surface area (Å²) >= 11 is 0. The molecule has 0 aliphatic carbocycles. The quantitative estimate of drug-likeness (QED) is 0.817. The zero-order valence-corrected chi connectivity index (χ0v) is 11.7. The van der Waals surface area contributed by atoms with Crippen LogP contribution in [0, 0.1) is 18.7 Å². The maximum atomic E-state index is 13.6. The van der Waals surface area contributed by atoms with E-state index in [0.717, 1.165) is 5.69 Å². The largest absolute Gasteiger partial charge is 0.378 e. The SMILES string of the molecule is Cc1ccc(NC(c2ccccc2)C(C)C)cc1F. The van der Waals surface area contributed by atoms with Gasteiger partial charge in [-0.3, -0.25) is 0 Å². The summed E-state index contributed by atoms with van der Waals surface area (Å²) in [6.07, 6.45) is 0. The van der Waals surface area contributed by atoms with Gasteiger partial charge in [-0.1, -0.05) is 50.2 Å². The highest BCUT2D eigenvalue weighted by atomic mass is 19.1. The summed E-state index contributed by atoms with van der Waals surface area (Å²) in [6, 6.07) is 15.7. The molecule has 2 rings (SSSR count). The first-order valence-corrected chi connectivity index (χ1v) is 6.65. The first-order valence-electron chi connectivity index (χ1n) is 6.65. The molecule has 0 saturated heterocycles. The van der Waals surface area contributed by atoms with Crippen LogP contribution in [-0.4, -0.2) is 0 Å². The van der Waals surface area contributed by atoms with Crippen molar-refractivity contribution in [3.63, 3.8) is 0 Å². The van der Waals surface area contributed by atoms with E-state index < -0.39 is 0 Å². The van der Waals surface area contributed by atoms with Gasteiger partial charge in [0.2, 0.25) is 0 Å². The van der Waals surface area contributed by atoms with Crippen LogP contribution in [0.5, 0.6) is 0 Å². The fourth-order valence-corrected chi connectivity index (χ4v) is 2.16. The second-order valence-electron chi connectivity index (χ2n) is 5.24. The Morgan fingerprint density at radius 1 is 1.00 bits per heavy atom. The third kappa shape index (κ3) is 3.34. The smallest absolute Gasteiger partial charge is 0.128 e. The summed E-state index contributed by atoms with van der Waals surface area (Å²) < 4.78 is 13.6. The lowest BCUT2D eigenvalue weighted by atomic mass is 9.95. The molecule has 19 heavy (non-hydrogen) atoms. The molecule has 0 aromatic heterocycles. The van der Waals surface area contributed by atoms with Crippen LogP contribution in [0.3, 0.4) is 0 Å². The number of hydrogen-bond donors (Lipinski definition) is 1. The Morgan fingerprint density at radius 2 is 1.68 bits per heavy atom. The van der Waals surface area contributed by atoms with E-state index >= 15 is 0 Å². The third-order valence-corrected chi connectivity index (χ3v) is 3.32. The number of benzene rings is 2. The second-order valence-corrected chi connectivity index (χ2v) is 5.24. The van der Waals surface area contributed by atoms with Crippen LogP contribution in [0.15, 0.2) is 48.5 Å². The van der Waals surface area contributed by atoms with Gasteiger partial charge in [0.25, 0.3) is 0 Å². The fourth-order valence-electron chi connectivity index (χ4n) is 2.16. The Labute approximate surface area is 114 Å². The van der Waals surface area contributed by atoms with Crippen molar-refractivity contribution in [3.05, 3.63) is 65.5 Å². The Bertz CT molecular complexity index is 534. The van der Waals surface area contributed by atoms with Gasteiger partial charge < -0.3 is 5.32 Å². The highest BCUT2D eigenvalue weighted by Crippen LogP contribution is 2.27. The molecule has 1 N–H and O–H groups in total. The van der Waals surface area contributed by atoms with Crippen LogP contribution in [0.4, 0.5) is 10.1 Å². The molecule has 0 amide bonds. The number of rotatable bonds is 4. The predicted molar refractivity (Wildman–Crippen MR) is 78.8 cm³/mol. The first-order chi connectivity index (χ1) is 9.08. The lowest BCUT2D eigenvalue weighted by Crippen LogP contribution is -2.16. The molecule has 100 valence electrons. The minimum Gasteiger partial charge on any atom is -0.378 e. The summed E-state index contributed by atoms with van der Waals surface area (Å²) in [6.45, 7) is 6.10. The van der Waals surface area contributed by atoms with Crippen LogP contribution in [0.25, 0.3) is 0 Å². The average Bonchev–Trinajstić information content (AvgIpc) is 2.40. The van der Waals surface area contributed by atoms with Gasteiger partial charge in [-0.05, 0) is 36.1 Å². The molecule has 0 aliphatic rings. The van der Waals surface area contributed by atoms with Gasteiger partial charge in [-0.25, -0.2) is 4.39 Å². The maximum Gasteiger partial charge on any atom is 0.128 e. The van der Waals surface area contributed by atoms with E-state index in [1.54, 1.807) is 19.1 Å². The van der Waals surface area contributed by atoms with Crippen LogP contribution >= 0.6 is 0 Å². The maximum absolute atomic E-state index is 13.6. The third-order valence-electron chi connectivity index (χ3n) is 3.32. The van der Waals surface area contributed by atoms with Gasteiger partial charge in [0.1, 0.15) is 5.82 Å². The molecule has 0 heterocycles. The number of halogens is 1. The van der Waals surface area contributed by atoms with Gasteiger partial charge >= 0.3 is 0 Å². The van der Waals surface area contributed by atoms with Gasteiger partial charge in [0, 0.05) is 5.69 Å². The van der Waals surface area contributed by atoms with Crippen molar-refractivity contribution in [1.82, 2.24) is 0 Å². The van der Waals surface area contributed by atoms with Gasteiger partial charge in [-0.2, -0.15) is 0 Å². The van der Waals surface area contributed by atoms with Gasteiger partial charge in [0.15, 0.2) is 0 Å². The summed E-state index contributed by atoms with van der Waals surface area (Å²) in [5.74, 6) is 0.257. The lowest BCUT2D eigenvalue weighted by molar-refractivity contribution is 0.545. The Hall–Kier alpha value is -1.83. The van der Waals surface area contributed by atoms with Crippen LogP contribution in [-0.2, 0) is 0 Å². The molecule has 0 fully saturated rings. The van der Waals surface area contributed by atoms with Crippen LogP contribution in [0.1, 0.15) is 31.0 Å². The summed E-state index contributed by atoms with van der Waals surface area (Å²) in [4.78, 5) is 0. The van der Waals surface area contributed by atoms with Crippen molar-refractivity contribution < 1.29 is 4.39 Å². The van der Waals surface area contributed by atoms with Crippen molar-refractivity contribution in [2.45, 2.75) is 26.8 Å². The van der Waals surface area contributed by atoms with E-state index in [2.05, 4.69) is 31.3 Å². The van der Waals surface area contributed by atoms with Crippen LogP contribution in [0.2, 0.25) is 0 Å². The normalized spacial score (nSPS) is 12.5. The Balaban J connectivity index is 2.24. The Morgan fingerprint density at radius 3 is 2.26 bits per heavy atom. The minimum absolute atomic E-state index is 0.166. The number of aryl methyl sites for hydroxylation is 1. The molecule has 1 atom stereocenters. The molecule has 0 aliphatic heterocycles. The van der Waals surface area contributed by atoms with Gasteiger partial charge in [-0.15, -0.1) is 0 Å². The summed E-state index contributed by atoms with van der Waals surface area (Å²) in [5, 5.41) is 3.42. The molecule has 1 unspecified atom stereocenters. The van der Waals surface area contributed by atoms with Crippen molar-refractivity contribution in [3.8, 4) is 0 Å². The molecule has 2 aromatic rings. The summed E-state index contributed by atoms with van der Waals surface area (Å²) in [7, 11) is 0. The monoisotopic (exact) mass is 257 g/mol. The molecule has 2 aromatic carbocycles. The molecule has 0 spiro atoms. The topological polar surface area (TPSA) is 12.0 Å². The van der Waals surface area contributed by atoms with E-state index in [0.29, 0.717) is 11.5 Å². The Kier molecular flexibility index (Phi) is 4.20. The highest BCUT2D eigenvalue weighted by molar-refractivity contribution is 5.47. The van der Waals surface area contributed by atoms with Crippen molar-refractivity contribution in [2.24, 2.45) is 5.92 Å². The molecule has 0 saturated carbocycles. The zero-order chi connectivity index (χ0) is 13.8. The lowest BCUT2D eigenvalue weighted by Gasteiger charge is -2.24. The molecule has 2 heteroatoms. The van der Waals surface area contributed by atoms with Crippen LogP contribution < -0.4 is 5.32 Å². The highest BCUT2D eigenvalue weighted by Gasteiger charge is 2.15. The zero-order valence-electron chi connectivity index (χ0n) is 11.7. The predicted octanol–water partition coefficient (Wildman–Crippen LogP) is 4.94. The van der Waals surface area contributed by atoms with Crippen molar-refractivity contribution in [1.29, 1.82) is 0 Å². The summed E-state index contributed by atoms with van der Waals surface area (Å²) in [5.41, 5.74) is 2.72. The molecule has 1 nitrogen and oxygen atoms in total. The molecule has 0 bridgehead atoms. The average molecular weight is 257 g/mol. The van der Waals surface area contributed by atoms with E-state index in [4.69, 9.17) is 0 Å². The van der Waals surface area contributed by atoms with Gasteiger partial charge in [0.05, 0.1) is 6.04 Å². The minimum atomic E-state index is -0.166. The number of nitrogens with one attached hydrogen (secondary N) is 1. The number of anilines is 1. The standard InChI is InChI=1S/C17H20FN/c1-12(2)17(14-7-5-4-6-8-14)19-15-10-9-13(3)16(18)11-15/h4-12,17,19H,1-3H3. The number of hydrogen-bond acceptors (Lipinski definition) is 1. The fraction of sp³-hybridized carbons (Fsp3) is 0.294. The van der Waals surface area contributed by atoms with Crippen molar-refractivity contribution in [2.75, 3.05) is 5.32 Å².